The van der Waals surface area contributed by atoms with Gasteiger partial charge in [0, 0.05) is 6.04 Å². The summed E-state index contributed by atoms with van der Waals surface area (Å²) in [5.74, 6) is -2.01. The Kier molecular flexibility index (Phi) is 5.52. The number of amides is 2. The summed E-state index contributed by atoms with van der Waals surface area (Å²) in [6.45, 7) is 1.19. The topological polar surface area (TPSA) is 110 Å². The number of rotatable bonds is 5. The van der Waals surface area contributed by atoms with Gasteiger partial charge >= 0.3 is 5.97 Å². The predicted molar refractivity (Wildman–Crippen MR) is 104 cm³/mol. The summed E-state index contributed by atoms with van der Waals surface area (Å²) in [5.41, 5.74) is 1.45. The second kappa shape index (κ2) is 7.72. The molecular formula is C18H18N2O6S2. The smallest absolute Gasteiger partial charge is 0.338 e. The van der Waals surface area contributed by atoms with Crippen molar-refractivity contribution in [2.24, 2.45) is 0 Å². The molecule has 1 aliphatic heterocycles. The third-order valence-corrected chi connectivity index (χ3v) is 6.30. The van der Waals surface area contributed by atoms with Crippen LogP contribution < -0.4 is 9.62 Å². The lowest BCUT2D eigenvalue weighted by Gasteiger charge is -2.21. The molecule has 1 aromatic heterocycles. The standard InChI is InChI=1S/C18H18N2O6S2/c1-11-8-13-9-12(5-6-14(13)20(11)28(2,24)25)18(23)26-10-16(21)19-17(22)15-4-3-7-27-15/h3-7,9,11H,8,10H2,1-2H3,(H,19,21,22). The summed E-state index contributed by atoms with van der Waals surface area (Å²) < 4.78 is 30.2. The summed E-state index contributed by atoms with van der Waals surface area (Å²) in [5, 5.41) is 3.85. The molecule has 148 valence electrons. The van der Waals surface area contributed by atoms with Crippen molar-refractivity contribution < 1.29 is 27.5 Å². The van der Waals surface area contributed by atoms with Gasteiger partial charge in [0.25, 0.3) is 11.8 Å². The molecule has 2 heterocycles. The van der Waals surface area contributed by atoms with Gasteiger partial charge in [-0.2, -0.15) is 0 Å². The summed E-state index contributed by atoms with van der Waals surface area (Å²) in [6.07, 6.45) is 1.61. The van der Waals surface area contributed by atoms with E-state index in [1.54, 1.807) is 36.6 Å². The van der Waals surface area contributed by atoms with Crippen LogP contribution in [0, 0.1) is 0 Å². The van der Waals surface area contributed by atoms with E-state index in [1.165, 1.54) is 21.7 Å². The number of carbonyl (C=O) groups is 3. The second-order valence-corrected chi connectivity index (χ2v) is 9.19. The highest BCUT2D eigenvalue weighted by Gasteiger charge is 2.33. The SMILES string of the molecule is CC1Cc2cc(C(=O)OCC(=O)NC(=O)c3cccs3)ccc2N1S(C)(=O)=O. The van der Waals surface area contributed by atoms with Crippen molar-refractivity contribution in [3.05, 3.63) is 51.7 Å². The number of hydrogen-bond acceptors (Lipinski definition) is 7. The van der Waals surface area contributed by atoms with Crippen molar-refractivity contribution in [2.45, 2.75) is 19.4 Å². The number of thiophene rings is 1. The molecule has 1 aliphatic rings. The minimum absolute atomic E-state index is 0.207. The maximum atomic E-state index is 12.2. The van der Waals surface area contributed by atoms with Crippen LogP contribution in [-0.4, -0.2) is 45.1 Å². The minimum atomic E-state index is -3.42. The molecule has 0 saturated heterocycles. The highest BCUT2D eigenvalue weighted by atomic mass is 32.2. The average Bonchev–Trinajstić information content (AvgIpc) is 3.25. The Hall–Kier alpha value is -2.72. The number of nitrogens with zero attached hydrogens (tertiary/aromatic N) is 1. The summed E-state index contributed by atoms with van der Waals surface area (Å²) in [7, 11) is -3.42. The van der Waals surface area contributed by atoms with Crippen LogP contribution >= 0.6 is 11.3 Å². The van der Waals surface area contributed by atoms with E-state index in [0.717, 1.165) is 6.26 Å². The van der Waals surface area contributed by atoms with Crippen LogP contribution in [-0.2, 0) is 26.0 Å². The number of anilines is 1. The third-order valence-electron chi connectivity index (χ3n) is 4.16. The Balaban J connectivity index is 1.62. The van der Waals surface area contributed by atoms with E-state index in [9.17, 15) is 22.8 Å². The molecule has 1 aromatic carbocycles. The summed E-state index contributed by atoms with van der Waals surface area (Å²) in [6, 6.07) is 7.58. The predicted octanol–water partition coefficient (Wildman–Crippen LogP) is 1.57. The van der Waals surface area contributed by atoms with Crippen molar-refractivity contribution in [2.75, 3.05) is 17.2 Å². The third kappa shape index (κ3) is 4.23. The molecule has 2 amide bonds. The van der Waals surface area contributed by atoms with Crippen LogP contribution in [0.5, 0.6) is 0 Å². The summed E-state index contributed by atoms with van der Waals surface area (Å²) in [4.78, 5) is 36.2. The van der Waals surface area contributed by atoms with Gasteiger partial charge in [0.15, 0.2) is 6.61 Å². The first-order valence-corrected chi connectivity index (χ1v) is 11.1. The van der Waals surface area contributed by atoms with E-state index < -0.39 is 34.4 Å². The zero-order valence-electron chi connectivity index (χ0n) is 15.2. The molecule has 0 aliphatic carbocycles. The number of hydrogen-bond donors (Lipinski definition) is 1. The van der Waals surface area contributed by atoms with E-state index >= 15 is 0 Å². The number of nitrogens with one attached hydrogen (secondary N) is 1. The lowest BCUT2D eigenvalue weighted by Crippen LogP contribution is -2.34. The van der Waals surface area contributed by atoms with Gasteiger partial charge in [0.05, 0.1) is 22.4 Å². The number of fused-ring (bicyclic) bond motifs is 1. The number of sulfonamides is 1. The highest BCUT2D eigenvalue weighted by molar-refractivity contribution is 7.92. The van der Waals surface area contributed by atoms with E-state index in [4.69, 9.17) is 4.74 Å². The Morgan fingerprint density at radius 1 is 1.29 bits per heavy atom. The lowest BCUT2D eigenvalue weighted by molar-refractivity contribution is -0.123. The average molecular weight is 422 g/mol. The molecule has 28 heavy (non-hydrogen) atoms. The zero-order valence-corrected chi connectivity index (χ0v) is 16.8. The van der Waals surface area contributed by atoms with E-state index in [2.05, 4.69) is 5.32 Å². The van der Waals surface area contributed by atoms with Crippen molar-refractivity contribution in [1.29, 1.82) is 0 Å². The molecule has 10 heteroatoms. The molecule has 0 spiro atoms. The first-order chi connectivity index (χ1) is 13.2. The maximum Gasteiger partial charge on any atom is 0.338 e. The zero-order chi connectivity index (χ0) is 20.5. The van der Waals surface area contributed by atoms with Gasteiger partial charge in [0.2, 0.25) is 10.0 Å². The quantitative estimate of drug-likeness (QED) is 0.733. The number of benzene rings is 1. The Morgan fingerprint density at radius 2 is 2.04 bits per heavy atom. The van der Waals surface area contributed by atoms with Crippen LogP contribution in [0.25, 0.3) is 0 Å². The van der Waals surface area contributed by atoms with Gasteiger partial charge in [-0.05, 0) is 48.6 Å². The van der Waals surface area contributed by atoms with Crippen LogP contribution in [0.15, 0.2) is 35.7 Å². The normalized spacial score (nSPS) is 15.8. The van der Waals surface area contributed by atoms with Gasteiger partial charge in [0.1, 0.15) is 0 Å². The van der Waals surface area contributed by atoms with E-state index in [1.807, 2.05) is 0 Å². The van der Waals surface area contributed by atoms with Gasteiger partial charge in [-0.3, -0.25) is 19.2 Å². The summed E-state index contributed by atoms with van der Waals surface area (Å²) >= 11 is 1.19. The number of ether oxygens (including phenoxy) is 1. The van der Waals surface area contributed by atoms with Crippen LogP contribution in [0.4, 0.5) is 5.69 Å². The molecule has 0 saturated carbocycles. The Labute approximate surface area is 166 Å². The van der Waals surface area contributed by atoms with Crippen LogP contribution in [0.1, 0.15) is 32.5 Å². The molecular weight excluding hydrogens is 404 g/mol. The molecule has 8 nitrogen and oxygen atoms in total. The second-order valence-electron chi connectivity index (χ2n) is 6.39. The van der Waals surface area contributed by atoms with Crippen LogP contribution in [0.3, 0.4) is 0 Å². The Bertz CT molecular complexity index is 1030. The van der Waals surface area contributed by atoms with Crippen molar-refractivity contribution in [3.8, 4) is 0 Å². The van der Waals surface area contributed by atoms with Gasteiger partial charge < -0.3 is 4.74 Å². The Morgan fingerprint density at radius 3 is 2.68 bits per heavy atom. The van der Waals surface area contributed by atoms with Gasteiger partial charge in [-0.1, -0.05) is 6.07 Å². The first kappa shape index (κ1) is 20.0. The number of imide groups is 1. The molecule has 1 N–H and O–H groups in total. The van der Waals surface area contributed by atoms with E-state index in [0.29, 0.717) is 22.5 Å². The van der Waals surface area contributed by atoms with Gasteiger partial charge in [-0.25, -0.2) is 13.2 Å². The molecule has 3 rings (SSSR count). The fraction of sp³-hybridized carbons (Fsp3) is 0.278. The molecule has 1 atom stereocenters. The molecule has 1 unspecified atom stereocenters. The number of esters is 1. The highest BCUT2D eigenvalue weighted by Crippen LogP contribution is 2.34. The van der Waals surface area contributed by atoms with Crippen molar-refractivity contribution in [3.63, 3.8) is 0 Å². The minimum Gasteiger partial charge on any atom is -0.452 e. The fourth-order valence-corrected chi connectivity index (χ4v) is 4.96. The van der Waals surface area contributed by atoms with Crippen molar-refractivity contribution in [1.82, 2.24) is 5.32 Å². The van der Waals surface area contributed by atoms with Crippen molar-refractivity contribution >= 4 is 44.8 Å². The molecule has 0 bridgehead atoms. The molecule has 0 fully saturated rings. The largest absolute Gasteiger partial charge is 0.452 e. The molecule has 2 aromatic rings. The van der Waals surface area contributed by atoms with Gasteiger partial charge in [-0.15, -0.1) is 11.3 Å². The maximum absolute atomic E-state index is 12.2. The number of carbonyl (C=O) groups excluding carboxylic acids is 3. The van der Waals surface area contributed by atoms with E-state index in [-0.39, 0.29) is 11.6 Å². The molecule has 0 radical (unpaired) electrons. The first-order valence-electron chi connectivity index (χ1n) is 8.34. The lowest BCUT2D eigenvalue weighted by atomic mass is 10.1. The monoisotopic (exact) mass is 422 g/mol. The van der Waals surface area contributed by atoms with Crippen LogP contribution in [0.2, 0.25) is 0 Å². The fourth-order valence-electron chi connectivity index (χ4n) is 3.08.